The van der Waals surface area contributed by atoms with Gasteiger partial charge in [-0.15, -0.1) is 0 Å². The Kier molecular flexibility index (Phi) is 10.2. The Hall–Kier alpha value is -4.07. The van der Waals surface area contributed by atoms with Gasteiger partial charge in [0.25, 0.3) is 6.43 Å². The third-order valence-corrected chi connectivity index (χ3v) is 7.20. The molecule has 0 aliphatic rings. The van der Waals surface area contributed by atoms with Crippen LogP contribution in [-0.4, -0.2) is 41.6 Å². The first kappa shape index (κ1) is 33.8. The van der Waals surface area contributed by atoms with E-state index in [0.29, 0.717) is 23.8 Å². The molecule has 240 valence electrons. The van der Waals surface area contributed by atoms with Gasteiger partial charge in [-0.3, -0.25) is 5.32 Å². The van der Waals surface area contributed by atoms with E-state index < -0.39 is 77.4 Å². The van der Waals surface area contributed by atoms with Crippen molar-refractivity contribution < 1.29 is 54.5 Å². The first-order valence-corrected chi connectivity index (χ1v) is 13.3. The van der Waals surface area contributed by atoms with E-state index in [-0.39, 0.29) is 5.56 Å². The zero-order valence-electron chi connectivity index (χ0n) is 23.0. The quantitative estimate of drug-likeness (QED) is 0.108. The Bertz CT molecular complexity index is 1550. The Morgan fingerprint density at radius 3 is 1.80 bits per heavy atom. The minimum Gasteiger partial charge on any atom is -0.428 e. The van der Waals surface area contributed by atoms with E-state index in [1.165, 1.54) is 30.3 Å². The predicted molar refractivity (Wildman–Crippen MR) is 146 cm³/mol. The van der Waals surface area contributed by atoms with Crippen molar-refractivity contribution in [3.05, 3.63) is 137 Å². The summed E-state index contributed by atoms with van der Waals surface area (Å²) in [5.41, 5.74) is -6.48. The van der Waals surface area contributed by atoms with E-state index in [0.717, 1.165) is 36.4 Å². The summed E-state index contributed by atoms with van der Waals surface area (Å²) in [4.78, 5) is 0. The molecule has 0 bridgehead atoms. The molecule has 0 radical (unpaired) electrons. The maximum atomic E-state index is 16.3. The van der Waals surface area contributed by atoms with Crippen molar-refractivity contribution in [2.75, 3.05) is 0 Å². The fourth-order valence-electron chi connectivity index (χ4n) is 4.96. The van der Waals surface area contributed by atoms with Gasteiger partial charge in [0.1, 0.15) is 23.5 Å². The zero-order chi connectivity index (χ0) is 33.0. The van der Waals surface area contributed by atoms with Gasteiger partial charge in [0, 0.05) is 6.07 Å². The number of ether oxygens (including phenoxy) is 1. The number of nitrogens with one attached hydrogen (secondary N) is 1. The van der Waals surface area contributed by atoms with E-state index in [4.69, 9.17) is 0 Å². The Balaban J connectivity index is 1.93. The third-order valence-electron chi connectivity index (χ3n) is 7.20. The van der Waals surface area contributed by atoms with Gasteiger partial charge in [0.15, 0.2) is 11.9 Å². The maximum Gasteiger partial charge on any atom is 0.461 e. The Labute approximate surface area is 251 Å². The highest BCUT2D eigenvalue weighted by atomic mass is 19.3. The number of alkyl halides is 7. The monoisotopic (exact) mass is 643 g/mol. The van der Waals surface area contributed by atoms with E-state index >= 15 is 4.39 Å². The Morgan fingerprint density at radius 2 is 1.24 bits per heavy atom. The minimum absolute atomic E-state index is 0.0972. The lowest BCUT2D eigenvalue weighted by atomic mass is 9.77. The van der Waals surface area contributed by atoms with E-state index in [2.05, 4.69) is 10.1 Å². The van der Waals surface area contributed by atoms with Crippen molar-refractivity contribution >= 4 is 0 Å². The average Bonchev–Trinajstić information content (AvgIpc) is 3.00. The molecule has 3 unspecified atom stereocenters. The molecule has 4 aromatic rings. The number of aliphatic hydroxyl groups excluding tert-OH is 1. The van der Waals surface area contributed by atoms with Crippen LogP contribution in [0.4, 0.5) is 39.5 Å². The Morgan fingerprint density at radius 1 is 0.667 bits per heavy atom. The van der Waals surface area contributed by atoms with Crippen LogP contribution in [0, 0.1) is 11.6 Å². The van der Waals surface area contributed by atoms with Crippen LogP contribution >= 0.6 is 0 Å². The molecule has 0 aliphatic carbocycles. The number of hydrogen-bond donors (Lipinski definition) is 3. The highest BCUT2D eigenvalue weighted by molar-refractivity contribution is 5.45. The second-order valence-electron chi connectivity index (χ2n) is 10.2. The van der Waals surface area contributed by atoms with Gasteiger partial charge in [-0.05, 0) is 52.9 Å². The van der Waals surface area contributed by atoms with Gasteiger partial charge in [-0.25, -0.2) is 22.0 Å². The SMILES string of the molecule is OC(C(F)N[C@](Cc1ccccc1)(c1ccc(F)cc1)c1cc(F)cc(OC(F)(F)C(F)F)c1)C(O)(c1ccccc1)C(F)F. The topological polar surface area (TPSA) is 61.7 Å². The highest BCUT2D eigenvalue weighted by Crippen LogP contribution is 2.40. The number of hydrogen-bond acceptors (Lipinski definition) is 4. The molecule has 45 heavy (non-hydrogen) atoms. The summed E-state index contributed by atoms with van der Waals surface area (Å²) in [7, 11) is 0. The lowest BCUT2D eigenvalue weighted by Gasteiger charge is -2.41. The van der Waals surface area contributed by atoms with Gasteiger partial charge in [-0.1, -0.05) is 72.8 Å². The van der Waals surface area contributed by atoms with Crippen molar-refractivity contribution in [3.8, 4) is 5.75 Å². The first-order valence-electron chi connectivity index (χ1n) is 13.3. The first-order chi connectivity index (χ1) is 21.2. The molecule has 0 aromatic heterocycles. The zero-order valence-corrected chi connectivity index (χ0v) is 23.0. The van der Waals surface area contributed by atoms with Crippen LogP contribution in [0.25, 0.3) is 0 Å². The van der Waals surface area contributed by atoms with Crippen LogP contribution in [0.15, 0.2) is 103 Å². The second-order valence-corrected chi connectivity index (χ2v) is 10.2. The molecule has 0 saturated carbocycles. The summed E-state index contributed by atoms with van der Waals surface area (Å²) < 4.78 is 132. The highest BCUT2D eigenvalue weighted by Gasteiger charge is 2.52. The minimum atomic E-state index is -5.07. The lowest BCUT2D eigenvalue weighted by Crippen LogP contribution is -2.59. The average molecular weight is 644 g/mol. The van der Waals surface area contributed by atoms with Crippen LogP contribution < -0.4 is 10.1 Å². The smallest absolute Gasteiger partial charge is 0.428 e. The molecule has 4 rings (SSSR count). The predicted octanol–water partition coefficient (Wildman–Crippen LogP) is 7.09. The second kappa shape index (κ2) is 13.5. The van der Waals surface area contributed by atoms with Crippen molar-refractivity contribution in [2.45, 2.75) is 48.9 Å². The molecular formula is C32H26F9NO3. The summed E-state index contributed by atoms with van der Waals surface area (Å²) in [5.74, 6) is -3.19. The molecule has 3 N–H and O–H groups in total. The largest absolute Gasteiger partial charge is 0.461 e. The lowest BCUT2D eigenvalue weighted by molar-refractivity contribution is -0.253. The molecule has 0 saturated heterocycles. The van der Waals surface area contributed by atoms with Crippen LogP contribution in [0.1, 0.15) is 22.3 Å². The molecule has 0 fully saturated rings. The van der Waals surface area contributed by atoms with Crippen molar-refractivity contribution in [2.24, 2.45) is 0 Å². The molecule has 4 aromatic carbocycles. The van der Waals surface area contributed by atoms with Crippen molar-refractivity contribution in [1.29, 1.82) is 0 Å². The number of rotatable bonds is 13. The molecule has 0 aliphatic heterocycles. The molecule has 0 heterocycles. The van der Waals surface area contributed by atoms with Crippen LogP contribution in [0.2, 0.25) is 0 Å². The van der Waals surface area contributed by atoms with Gasteiger partial charge in [0.2, 0.25) is 0 Å². The molecule has 0 amide bonds. The van der Waals surface area contributed by atoms with Crippen LogP contribution in [-0.2, 0) is 17.6 Å². The van der Waals surface area contributed by atoms with Crippen molar-refractivity contribution in [3.63, 3.8) is 0 Å². The molecular weight excluding hydrogens is 617 g/mol. The van der Waals surface area contributed by atoms with Gasteiger partial charge < -0.3 is 14.9 Å². The normalized spacial score (nSPS) is 16.2. The number of aliphatic hydroxyl groups is 2. The summed E-state index contributed by atoms with van der Waals surface area (Å²) in [6, 6.07) is 19.6. The van der Waals surface area contributed by atoms with E-state index in [1.54, 1.807) is 18.2 Å². The summed E-state index contributed by atoms with van der Waals surface area (Å²) >= 11 is 0. The van der Waals surface area contributed by atoms with Gasteiger partial charge in [-0.2, -0.15) is 17.6 Å². The van der Waals surface area contributed by atoms with Gasteiger partial charge in [0.05, 0.1) is 5.54 Å². The third kappa shape index (κ3) is 7.26. The van der Waals surface area contributed by atoms with Crippen LogP contribution in [0.5, 0.6) is 5.75 Å². The summed E-state index contributed by atoms with van der Waals surface area (Å²) in [6.07, 6.45) is -19.5. The maximum absolute atomic E-state index is 16.3. The standard InChI is InChI=1S/C32H26F9NO3/c33-23-13-11-20(12-14-23)30(18-19-7-3-1-4-8-19,22-15-24(34)17-25(16-22)45-32(40,41)29(38)39)42-27(35)26(43)31(44,28(36)37)21-9-5-2-6-10-21/h1-17,26-29,42-44H,18H2/t26?,27?,30-,31?/m1/s1. The summed E-state index contributed by atoms with van der Waals surface area (Å²) in [5, 5.41) is 24.2. The number of benzene rings is 4. The molecule has 13 heteroatoms. The number of halogens is 9. The molecule has 4 nitrogen and oxygen atoms in total. The van der Waals surface area contributed by atoms with Crippen LogP contribution in [0.3, 0.4) is 0 Å². The van der Waals surface area contributed by atoms with Gasteiger partial charge >= 0.3 is 12.5 Å². The summed E-state index contributed by atoms with van der Waals surface area (Å²) in [6.45, 7) is 0. The fraction of sp³-hybridized carbons (Fsp3) is 0.250. The van der Waals surface area contributed by atoms with E-state index in [1.807, 2.05) is 0 Å². The van der Waals surface area contributed by atoms with Crippen molar-refractivity contribution in [1.82, 2.24) is 5.32 Å². The van der Waals surface area contributed by atoms with E-state index in [9.17, 15) is 45.3 Å². The fourth-order valence-corrected chi connectivity index (χ4v) is 4.96. The molecule has 0 spiro atoms. The molecule has 4 atom stereocenters.